The van der Waals surface area contributed by atoms with Gasteiger partial charge >= 0.3 is 0 Å². The zero-order chi connectivity index (χ0) is 19.0. The fourth-order valence-electron chi connectivity index (χ4n) is 3.43. The molecular weight excluding hydrogens is 378 g/mol. The summed E-state index contributed by atoms with van der Waals surface area (Å²) in [7, 11) is 0. The van der Waals surface area contributed by atoms with E-state index in [1.165, 1.54) is 4.90 Å². The lowest BCUT2D eigenvalue weighted by Gasteiger charge is -2.13. The van der Waals surface area contributed by atoms with E-state index < -0.39 is 0 Å². The summed E-state index contributed by atoms with van der Waals surface area (Å²) in [5.74, 6) is -0.351. The summed E-state index contributed by atoms with van der Waals surface area (Å²) < 4.78 is 5.27. The molecule has 4 rings (SSSR count). The minimum atomic E-state index is -0.241. The molecule has 1 aromatic heterocycles. The van der Waals surface area contributed by atoms with Crippen LogP contribution in [-0.2, 0) is 11.2 Å². The third-order valence-corrected chi connectivity index (χ3v) is 4.80. The predicted molar refractivity (Wildman–Crippen MR) is 110 cm³/mol. The van der Waals surface area contributed by atoms with Crippen LogP contribution in [0.1, 0.15) is 38.8 Å². The second-order valence-electron chi connectivity index (χ2n) is 6.39. The first-order valence-electron chi connectivity index (χ1n) is 8.87. The van der Waals surface area contributed by atoms with Crippen LogP contribution in [0.15, 0.2) is 48.7 Å². The fourth-order valence-corrected chi connectivity index (χ4v) is 3.43. The monoisotopic (exact) mass is 397 g/mol. The predicted octanol–water partition coefficient (Wildman–Crippen LogP) is 3.79. The number of hydrogen-bond acceptors (Lipinski definition) is 4. The van der Waals surface area contributed by atoms with Crippen LogP contribution in [0.2, 0.25) is 0 Å². The fraction of sp³-hybridized carbons (Fsp3) is 0.190. The molecule has 144 valence electrons. The van der Waals surface area contributed by atoms with Gasteiger partial charge in [0.1, 0.15) is 0 Å². The summed E-state index contributed by atoms with van der Waals surface area (Å²) in [5, 5.41) is 8.93. The Morgan fingerprint density at radius 3 is 2.43 bits per heavy atom. The van der Waals surface area contributed by atoms with Gasteiger partial charge in [-0.1, -0.05) is 12.1 Å². The number of fused-ring (bicyclic) bond motifs is 2. The number of carbonyl (C=O) groups is 2. The molecule has 0 unspecified atom stereocenters. The number of rotatable bonds is 5. The maximum Gasteiger partial charge on any atom is 0.261 e. The summed E-state index contributed by atoms with van der Waals surface area (Å²) in [6.45, 7) is 2.60. The minimum Gasteiger partial charge on any atom is -0.478 e. The van der Waals surface area contributed by atoms with Gasteiger partial charge in [0, 0.05) is 29.2 Å². The molecule has 6 nitrogen and oxygen atoms in total. The van der Waals surface area contributed by atoms with Gasteiger partial charge in [-0.25, -0.2) is 0 Å². The number of aromatic nitrogens is 1. The summed E-state index contributed by atoms with van der Waals surface area (Å²) in [4.78, 5) is 29.5. The van der Waals surface area contributed by atoms with Gasteiger partial charge in [-0.05, 0) is 49.2 Å². The number of nitrogens with zero attached hydrogens (tertiary/aromatic N) is 1. The molecule has 2 amide bonds. The molecule has 0 bridgehead atoms. The largest absolute Gasteiger partial charge is 0.478 e. The van der Waals surface area contributed by atoms with Crippen LogP contribution in [0, 0.1) is 5.41 Å². The molecule has 1 aliphatic rings. The third-order valence-electron chi connectivity index (χ3n) is 4.80. The van der Waals surface area contributed by atoms with Crippen molar-refractivity contribution in [3.05, 3.63) is 70.9 Å². The van der Waals surface area contributed by atoms with Crippen molar-refractivity contribution in [2.45, 2.75) is 13.3 Å². The number of aromatic amines is 1. The maximum atomic E-state index is 12.5. The van der Waals surface area contributed by atoms with Gasteiger partial charge in [0.05, 0.1) is 17.7 Å². The molecule has 7 heteroatoms. The normalized spacial score (nSPS) is 12.8. The highest BCUT2D eigenvalue weighted by molar-refractivity contribution is 6.21. The molecule has 2 heterocycles. The van der Waals surface area contributed by atoms with E-state index in [1.807, 2.05) is 31.3 Å². The molecular formula is C21H20ClN3O3. The van der Waals surface area contributed by atoms with E-state index in [9.17, 15) is 9.59 Å². The Labute approximate surface area is 168 Å². The lowest BCUT2D eigenvalue weighted by atomic mass is 10.1. The van der Waals surface area contributed by atoms with Gasteiger partial charge in [0.15, 0.2) is 0 Å². The zero-order valence-corrected chi connectivity index (χ0v) is 16.1. The Morgan fingerprint density at radius 1 is 1.11 bits per heavy atom. The van der Waals surface area contributed by atoms with E-state index in [1.54, 1.807) is 24.3 Å². The van der Waals surface area contributed by atoms with Gasteiger partial charge < -0.3 is 9.72 Å². The molecule has 2 aromatic carbocycles. The Hall–Kier alpha value is -3.12. The van der Waals surface area contributed by atoms with Crippen molar-refractivity contribution in [3.8, 4) is 0 Å². The number of halogens is 1. The molecule has 0 fully saturated rings. The summed E-state index contributed by atoms with van der Waals surface area (Å²) in [6, 6.07) is 12.6. The molecule has 2 N–H and O–H groups in total. The van der Waals surface area contributed by atoms with Crippen molar-refractivity contribution in [3.63, 3.8) is 0 Å². The Kier molecular flexibility index (Phi) is 5.51. The second kappa shape index (κ2) is 7.86. The molecule has 0 saturated carbocycles. The van der Waals surface area contributed by atoms with E-state index in [0.29, 0.717) is 36.3 Å². The van der Waals surface area contributed by atoms with Crippen LogP contribution in [0.25, 0.3) is 10.9 Å². The highest BCUT2D eigenvalue weighted by Gasteiger charge is 2.34. The van der Waals surface area contributed by atoms with E-state index in [4.69, 9.17) is 10.1 Å². The van der Waals surface area contributed by atoms with Gasteiger partial charge in [-0.3, -0.25) is 19.9 Å². The highest BCUT2D eigenvalue weighted by atomic mass is 35.5. The van der Waals surface area contributed by atoms with Gasteiger partial charge in [-0.15, -0.1) is 12.4 Å². The molecule has 0 atom stereocenters. The van der Waals surface area contributed by atoms with Crippen molar-refractivity contribution in [2.24, 2.45) is 0 Å². The first-order valence-corrected chi connectivity index (χ1v) is 8.87. The number of amides is 2. The van der Waals surface area contributed by atoms with E-state index in [0.717, 1.165) is 16.5 Å². The van der Waals surface area contributed by atoms with Gasteiger partial charge in [-0.2, -0.15) is 0 Å². The average molecular weight is 398 g/mol. The molecule has 0 radical (unpaired) electrons. The molecule has 28 heavy (non-hydrogen) atoms. The van der Waals surface area contributed by atoms with Crippen LogP contribution in [0.4, 0.5) is 0 Å². The Balaban J connectivity index is 0.00000225. The van der Waals surface area contributed by atoms with Gasteiger partial charge in [0.2, 0.25) is 5.90 Å². The van der Waals surface area contributed by atoms with E-state index >= 15 is 0 Å². The lowest BCUT2D eigenvalue weighted by Crippen LogP contribution is -2.31. The number of hydrogen-bond donors (Lipinski definition) is 2. The molecule has 0 saturated heterocycles. The van der Waals surface area contributed by atoms with Crippen molar-refractivity contribution in [1.29, 1.82) is 5.41 Å². The average Bonchev–Trinajstić information content (AvgIpc) is 3.20. The highest BCUT2D eigenvalue weighted by Crippen LogP contribution is 2.25. The minimum absolute atomic E-state index is 0. The number of benzene rings is 2. The number of nitrogens with one attached hydrogen (secondary N) is 2. The summed E-state index contributed by atoms with van der Waals surface area (Å²) >= 11 is 0. The number of imide groups is 1. The number of ether oxygens (including phenoxy) is 1. The van der Waals surface area contributed by atoms with E-state index in [2.05, 4.69) is 4.98 Å². The number of H-pyrrole nitrogens is 1. The topological polar surface area (TPSA) is 86.2 Å². The van der Waals surface area contributed by atoms with Crippen LogP contribution >= 0.6 is 12.4 Å². The number of carbonyl (C=O) groups excluding carboxylic acids is 2. The lowest BCUT2D eigenvalue weighted by molar-refractivity contribution is 0.0656. The summed E-state index contributed by atoms with van der Waals surface area (Å²) in [6.07, 6.45) is 2.42. The third kappa shape index (κ3) is 3.27. The first-order chi connectivity index (χ1) is 13.1. The Morgan fingerprint density at radius 2 is 1.79 bits per heavy atom. The standard InChI is InChI=1S/C21H19N3O3.ClH/c1-2-27-19(22)13-7-8-18-17(11-13)14(12-23-18)9-10-24-20(25)15-5-3-4-6-16(15)21(24)26;/h3-8,11-12,22-23H,2,9-10H2,1H3;1H. The van der Waals surface area contributed by atoms with Crippen LogP contribution < -0.4 is 0 Å². The quantitative estimate of drug-likeness (QED) is 0.390. The van der Waals surface area contributed by atoms with Gasteiger partial charge in [0.25, 0.3) is 11.8 Å². The van der Waals surface area contributed by atoms with Crippen molar-refractivity contribution >= 4 is 41.0 Å². The van der Waals surface area contributed by atoms with Crippen molar-refractivity contribution in [2.75, 3.05) is 13.2 Å². The van der Waals surface area contributed by atoms with Crippen LogP contribution in [0.3, 0.4) is 0 Å². The SMILES string of the molecule is CCOC(=N)c1ccc2[nH]cc(CCN3C(=O)c4ccccc4C3=O)c2c1.Cl. The summed E-state index contributed by atoms with van der Waals surface area (Å²) in [5.41, 5.74) is 3.57. The first kappa shape index (κ1) is 19.6. The van der Waals surface area contributed by atoms with E-state index in [-0.39, 0.29) is 30.1 Å². The van der Waals surface area contributed by atoms with Crippen molar-refractivity contribution < 1.29 is 14.3 Å². The molecule has 0 aliphatic carbocycles. The van der Waals surface area contributed by atoms with Crippen LogP contribution in [-0.4, -0.2) is 40.7 Å². The van der Waals surface area contributed by atoms with Crippen LogP contribution in [0.5, 0.6) is 0 Å². The molecule has 1 aliphatic heterocycles. The molecule has 0 spiro atoms. The second-order valence-corrected chi connectivity index (χ2v) is 6.39. The molecule has 3 aromatic rings. The van der Waals surface area contributed by atoms with Crippen molar-refractivity contribution in [1.82, 2.24) is 9.88 Å². The maximum absolute atomic E-state index is 12.5. The smallest absolute Gasteiger partial charge is 0.261 e. The zero-order valence-electron chi connectivity index (χ0n) is 15.3. The Bertz CT molecular complexity index is 1040.